The summed E-state index contributed by atoms with van der Waals surface area (Å²) in [6.45, 7) is 23.0. The summed E-state index contributed by atoms with van der Waals surface area (Å²) >= 11 is 0. The van der Waals surface area contributed by atoms with Gasteiger partial charge in [0.2, 0.25) is 0 Å². The van der Waals surface area contributed by atoms with Crippen LogP contribution < -0.4 is 48.3 Å². The number of aromatic nitrogens is 6. The molecule has 0 bridgehead atoms. The van der Waals surface area contributed by atoms with E-state index in [1.54, 1.807) is 102 Å². The maximum atomic E-state index is 15.1. The maximum Gasteiger partial charge on any atom is 0.410 e. The molecule has 4 fully saturated rings. The van der Waals surface area contributed by atoms with E-state index < -0.39 is 11.4 Å². The smallest absolute Gasteiger partial charge is 0.410 e. The molecule has 622 valence electrons. The van der Waals surface area contributed by atoms with Crippen molar-refractivity contribution < 1.29 is 51.8 Å². The maximum absolute atomic E-state index is 15.1. The lowest BCUT2D eigenvalue weighted by Gasteiger charge is -2.32. The zero-order valence-electron chi connectivity index (χ0n) is 68.6. The first-order valence-electron chi connectivity index (χ1n) is 41.3. The normalized spacial score (nSPS) is 14.9. The second kappa shape index (κ2) is 41.2. The molecule has 0 aliphatic carbocycles. The van der Waals surface area contributed by atoms with Crippen LogP contribution in [0.25, 0.3) is 44.3 Å². The fraction of sp³-hybridized carbons (Fsp3) is 0.407. The minimum atomic E-state index is -0.430. The van der Waals surface area contributed by atoms with Crippen molar-refractivity contribution in [3.8, 4) is 22.3 Å². The molecule has 25 nitrogen and oxygen atoms in total. The van der Waals surface area contributed by atoms with Crippen molar-refractivity contribution in [2.75, 3.05) is 63.2 Å². The Morgan fingerprint density at radius 1 is 0.525 bits per heavy atom. The van der Waals surface area contributed by atoms with Gasteiger partial charge in [-0.2, -0.15) is 10.2 Å². The van der Waals surface area contributed by atoms with Gasteiger partial charge >= 0.3 is 6.09 Å². The number of amides is 5. The molecule has 4 saturated heterocycles. The van der Waals surface area contributed by atoms with Gasteiger partial charge in [-0.1, -0.05) is 74.5 Å². The average molecular weight is 1610 g/mol. The zero-order chi connectivity index (χ0) is 83.2. The van der Waals surface area contributed by atoms with Crippen LogP contribution in [-0.2, 0) is 72.9 Å². The van der Waals surface area contributed by atoms with Crippen LogP contribution in [0.2, 0.25) is 0 Å². The number of carbonyl (C=O) groups is 6. The van der Waals surface area contributed by atoms with E-state index in [0.29, 0.717) is 115 Å². The second-order valence-electron chi connectivity index (χ2n) is 31.2. The summed E-state index contributed by atoms with van der Waals surface area (Å²) in [7, 11) is 0. The number of nitrogens with zero attached hydrogens (tertiary/aromatic N) is 7. The van der Waals surface area contributed by atoms with E-state index in [1.807, 2.05) is 81.5 Å². The number of rotatable bonds is 26. The number of pyridine rings is 2. The number of benzene rings is 6. The lowest BCUT2D eigenvalue weighted by atomic mass is 9.99. The molecule has 8 heterocycles. The van der Waals surface area contributed by atoms with Gasteiger partial charge in [-0.25, -0.2) is 32.9 Å². The fourth-order valence-corrected chi connectivity index (χ4v) is 15.0. The van der Waals surface area contributed by atoms with Gasteiger partial charge in [0.25, 0.3) is 23.6 Å². The molecule has 14 rings (SSSR count). The number of nitrogens with two attached hydrogens (primary N) is 1. The molecular formula is C91H110F2N16O9. The van der Waals surface area contributed by atoms with Crippen LogP contribution in [0.5, 0.6) is 0 Å². The summed E-state index contributed by atoms with van der Waals surface area (Å²) in [5.74, 6) is -2.07. The number of halogens is 2. The van der Waals surface area contributed by atoms with Crippen LogP contribution in [-0.4, -0.2) is 153 Å². The molecule has 0 saturated carbocycles. The zero-order valence-corrected chi connectivity index (χ0v) is 68.6. The Hall–Kier alpha value is -11.4. The molecule has 27 heteroatoms. The first-order chi connectivity index (χ1) is 57.2. The number of anilines is 2. The van der Waals surface area contributed by atoms with Crippen molar-refractivity contribution in [1.29, 1.82) is 0 Å². The highest BCUT2D eigenvalue weighted by molar-refractivity contribution is 6.01. The van der Waals surface area contributed by atoms with E-state index in [9.17, 15) is 33.2 Å². The van der Waals surface area contributed by atoms with Crippen molar-refractivity contribution in [3.05, 3.63) is 225 Å². The average Bonchev–Trinajstić information content (AvgIpc) is 1.59. The Balaban J connectivity index is 0.000000187. The molecule has 4 aliphatic rings. The van der Waals surface area contributed by atoms with E-state index in [1.165, 1.54) is 12.1 Å². The first-order valence-corrected chi connectivity index (χ1v) is 41.3. The third-order valence-electron chi connectivity index (χ3n) is 21.6. The summed E-state index contributed by atoms with van der Waals surface area (Å²) in [5.41, 5.74) is 19.0. The molecule has 0 spiro atoms. The van der Waals surface area contributed by atoms with E-state index in [4.69, 9.17) is 29.9 Å². The highest BCUT2D eigenvalue weighted by Crippen LogP contribution is 2.35. The topological polar surface area (TPSA) is 317 Å². The van der Waals surface area contributed by atoms with Crippen molar-refractivity contribution in [1.82, 2.24) is 66.3 Å². The van der Waals surface area contributed by atoms with Crippen LogP contribution >= 0.6 is 0 Å². The van der Waals surface area contributed by atoms with Gasteiger partial charge in [-0.15, -0.1) is 0 Å². The van der Waals surface area contributed by atoms with Gasteiger partial charge in [-0.3, -0.25) is 24.0 Å². The van der Waals surface area contributed by atoms with Crippen molar-refractivity contribution in [2.45, 2.75) is 188 Å². The Morgan fingerprint density at radius 2 is 0.958 bits per heavy atom. The Morgan fingerprint density at radius 3 is 1.40 bits per heavy atom. The molecule has 10 N–H and O–H groups in total. The van der Waals surface area contributed by atoms with Crippen LogP contribution in [0, 0.1) is 11.6 Å². The molecule has 5 amide bonds. The summed E-state index contributed by atoms with van der Waals surface area (Å²) in [4.78, 5) is 88.0. The Bertz CT molecular complexity index is 5150. The van der Waals surface area contributed by atoms with Crippen LogP contribution in [0.3, 0.4) is 0 Å². The van der Waals surface area contributed by atoms with E-state index in [-0.39, 0.29) is 79.8 Å². The van der Waals surface area contributed by atoms with Crippen LogP contribution in [0.4, 0.5) is 25.0 Å². The minimum absolute atomic E-state index is 0.142. The van der Waals surface area contributed by atoms with Gasteiger partial charge in [0.1, 0.15) is 23.5 Å². The van der Waals surface area contributed by atoms with Crippen molar-refractivity contribution in [3.63, 3.8) is 0 Å². The highest BCUT2D eigenvalue weighted by atomic mass is 19.1. The number of hydrogen-bond acceptors (Lipinski definition) is 18. The number of piperidine rings is 2. The number of carbonyl (C=O) groups excluding carboxylic acids is 6. The minimum Gasteiger partial charge on any atom is -0.444 e. The summed E-state index contributed by atoms with van der Waals surface area (Å²) < 4.78 is 50.0. The number of likely N-dealkylation sites (tertiary alicyclic amines) is 1. The summed E-state index contributed by atoms with van der Waals surface area (Å²) in [6.07, 6.45) is 13.0. The van der Waals surface area contributed by atoms with Gasteiger partial charge in [0.05, 0.1) is 34.5 Å². The molecule has 6 aromatic carbocycles. The molecule has 0 atom stereocenters. The van der Waals surface area contributed by atoms with Crippen molar-refractivity contribution in [2.24, 2.45) is 5.73 Å². The SMILES string of the molecule is CC(C)(C)OC(=O)N1CCC(N)CC1.CCc1nc2c(cnn2CC)c(NC2CCOCC2)c1CNC(=O)c1cccc(C(=O)NCc2ccc(F)c(-c3cccc(C=O)c3)c2)c1.CCc1nc2c(cnn2CC)c(NC2CCOCC2)c1CNC(=O)c1cccc(C(=O)NCc2ccc(F)c(-c3cccc(CNC4CCNCC4)c3)c2)c1. The molecule has 0 unspecified atom stereocenters. The number of aldehydes is 1. The standard InChI is InChI=1S/C43H51FN8O3.C38H39FN6O4.C10H20N2O2/c1-3-39-36(40(50-34-15-19-55-20-16-34)37-27-49-52(4-2)41(37)51-39)26-48-43(54)32-10-6-9-31(23-32)42(53)47-25-29-11-12-38(44)35(22-29)30-8-5-7-28(21-30)24-46-33-13-17-45-18-14-33;1-3-34-31(35(43-29-13-15-49-16-14-29)32-22-42-45(4-2)36(32)44-34)21-41-38(48)28-10-6-9-27(19-28)37(47)40-20-24-11-12-33(39)30(18-24)26-8-5-7-25(17-26)23-46;1-10(2,3)14-9(13)12-6-4-8(11)5-7-12/h5-12,21-23,27,33-34,45-46H,3-4,13-20,24-26H2,1-2H3,(H,47,53)(H,48,54)(H,50,51);5-12,17-19,22-23,29H,3-4,13-16,20-21H2,1-2H3,(H,40,47)(H,41,48)(H,43,44);8H,4-7,11H2,1-3H3. The predicted octanol–water partition coefficient (Wildman–Crippen LogP) is 13.5. The third kappa shape index (κ3) is 22.7. The molecular weight excluding hydrogens is 1500 g/mol. The van der Waals surface area contributed by atoms with E-state index in [0.717, 1.165) is 157 Å². The van der Waals surface area contributed by atoms with Gasteiger partial charge in [0, 0.05) is 171 Å². The largest absolute Gasteiger partial charge is 0.444 e. The summed E-state index contributed by atoms with van der Waals surface area (Å²) in [5, 5.41) is 37.4. The van der Waals surface area contributed by atoms with Crippen molar-refractivity contribution >= 4 is 69.4 Å². The third-order valence-corrected chi connectivity index (χ3v) is 21.6. The number of hydrogen-bond donors (Lipinski definition) is 9. The highest BCUT2D eigenvalue weighted by Gasteiger charge is 2.29. The fourth-order valence-electron chi connectivity index (χ4n) is 15.0. The molecule has 4 aromatic heterocycles. The van der Waals surface area contributed by atoms with Gasteiger partial charge in [-0.05, 0) is 213 Å². The lowest BCUT2D eigenvalue weighted by Crippen LogP contribution is -2.44. The van der Waals surface area contributed by atoms with E-state index in [2.05, 4.69) is 65.7 Å². The van der Waals surface area contributed by atoms with E-state index >= 15 is 4.39 Å². The van der Waals surface area contributed by atoms with Gasteiger partial charge < -0.3 is 67.4 Å². The summed E-state index contributed by atoms with van der Waals surface area (Å²) in [6, 6.07) is 38.5. The first kappa shape index (κ1) is 86.0. The monoisotopic (exact) mass is 1610 g/mol. The lowest BCUT2D eigenvalue weighted by molar-refractivity contribution is 0.0206. The quantitative estimate of drug-likeness (QED) is 0.0228. The number of aryl methyl sites for hydroxylation is 4. The van der Waals surface area contributed by atoms with Crippen LogP contribution in [0.15, 0.2) is 146 Å². The predicted molar refractivity (Wildman–Crippen MR) is 454 cm³/mol. The Labute approximate surface area is 688 Å². The second-order valence-corrected chi connectivity index (χ2v) is 31.2. The number of nitrogens with one attached hydrogen (secondary N) is 8. The van der Waals surface area contributed by atoms with Gasteiger partial charge in [0.15, 0.2) is 11.3 Å². The number of ether oxygens (including phenoxy) is 3. The molecule has 10 aromatic rings. The Kier molecular flexibility index (Phi) is 30.0. The molecule has 4 aliphatic heterocycles. The van der Waals surface area contributed by atoms with Crippen LogP contribution in [0.1, 0.15) is 191 Å². The molecule has 118 heavy (non-hydrogen) atoms. The molecule has 0 radical (unpaired) electrons. The number of fused-ring (bicyclic) bond motifs is 2.